The van der Waals surface area contributed by atoms with Gasteiger partial charge in [0.15, 0.2) is 0 Å². The summed E-state index contributed by atoms with van der Waals surface area (Å²) in [6, 6.07) is 17.0. The number of rotatable bonds is 8. The maximum absolute atomic E-state index is 12.6. The molecule has 0 bridgehead atoms. The average Bonchev–Trinajstić information content (AvgIpc) is 3.22. The van der Waals surface area contributed by atoms with Gasteiger partial charge in [-0.2, -0.15) is 13.8 Å². The molecule has 6 nitrogen and oxygen atoms in total. The van der Waals surface area contributed by atoms with Gasteiger partial charge in [0.1, 0.15) is 5.75 Å². The van der Waals surface area contributed by atoms with E-state index in [0.717, 1.165) is 39.1 Å². The minimum absolute atomic E-state index is 0.0341. The van der Waals surface area contributed by atoms with Crippen LogP contribution in [0, 0.1) is 0 Å². The van der Waals surface area contributed by atoms with Crippen molar-refractivity contribution in [3.63, 3.8) is 0 Å². The molecule has 1 fully saturated rings. The van der Waals surface area contributed by atoms with Gasteiger partial charge in [-0.25, -0.2) is 0 Å². The lowest BCUT2D eigenvalue weighted by Crippen LogP contribution is -2.46. The van der Waals surface area contributed by atoms with E-state index in [9.17, 15) is 8.78 Å². The second kappa shape index (κ2) is 9.77. The Morgan fingerprint density at radius 2 is 1.63 bits per heavy atom. The van der Waals surface area contributed by atoms with E-state index in [0.29, 0.717) is 18.0 Å². The molecule has 1 aromatic heterocycles. The maximum atomic E-state index is 12.6. The first-order valence-electron chi connectivity index (χ1n) is 10.0. The van der Waals surface area contributed by atoms with Crippen LogP contribution in [-0.4, -0.2) is 59.3 Å². The number of alkyl halides is 2. The highest BCUT2D eigenvalue weighted by molar-refractivity contribution is 5.63. The summed E-state index contributed by atoms with van der Waals surface area (Å²) in [4.78, 5) is 9.10. The Labute approximate surface area is 174 Å². The van der Waals surface area contributed by atoms with Gasteiger partial charge in [-0.15, -0.1) is 0 Å². The Hall–Kier alpha value is -2.84. The lowest BCUT2D eigenvalue weighted by molar-refractivity contribution is -0.0494. The molecule has 0 unspecified atom stereocenters. The molecule has 0 atom stereocenters. The number of nitrogens with zero attached hydrogens (tertiary/aromatic N) is 4. The summed E-state index contributed by atoms with van der Waals surface area (Å²) in [6.45, 7) is 2.48. The van der Waals surface area contributed by atoms with Crippen LogP contribution < -0.4 is 4.74 Å². The number of para-hydroxylation sites is 1. The highest BCUT2D eigenvalue weighted by atomic mass is 19.3. The van der Waals surface area contributed by atoms with Crippen LogP contribution in [0.2, 0.25) is 0 Å². The van der Waals surface area contributed by atoms with Gasteiger partial charge in [0.2, 0.25) is 11.7 Å². The van der Waals surface area contributed by atoms with Crippen LogP contribution in [0.1, 0.15) is 11.5 Å². The van der Waals surface area contributed by atoms with Crippen LogP contribution >= 0.6 is 0 Å². The number of halogens is 2. The van der Waals surface area contributed by atoms with Gasteiger partial charge in [-0.05, 0) is 24.1 Å². The van der Waals surface area contributed by atoms with Crippen molar-refractivity contribution in [1.82, 2.24) is 19.9 Å². The fourth-order valence-corrected chi connectivity index (χ4v) is 3.57. The summed E-state index contributed by atoms with van der Waals surface area (Å²) in [5.74, 6) is 0.754. The van der Waals surface area contributed by atoms with E-state index < -0.39 is 6.61 Å². The Morgan fingerprint density at radius 1 is 0.933 bits per heavy atom. The minimum atomic E-state index is -2.91. The molecule has 30 heavy (non-hydrogen) atoms. The fraction of sp³-hybridized carbons (Fsp3) is 0.364. The van der Waals surface area contributed by atoms with Crippen molar-refractivity contribution in [2.75, 3.05) is 32.7 Å². The molecule has 4 rings (SSSR count). The summed E-state index contributed by atoms with van der Waals surface area (Å²) in [5.41, 5.74) is 1.74. The highest BCUT2D eigenvalue weighted by Crippen LogP contribution is 2.29. The lowest BCUT2D eigenvalue weighted by atomic mass is 10.1. The zero-order valence-corrected chi connectivity index (χ0v) is 16.6. The largest absolute Gasteiger partial charge is 0.434 e. The van der Waals surface area contributed by atoms with Crippen molar-refractivity contribution in [2.45, 2.75) is 19.6 Å². The predicted octanol–water partition coefficient (Wildman–Crippen LogP) is 3.70. The Bertz CT molecular complexity index is 928. The van der Waals surface area contributed by atoms with E-state index >= 15 is 0 Å². The van der Waals surface area contributed by atoms with E-state index in [-0.39, 0.29) is 11.6 Å². The Kier molecular flexibility index (Phi) is 6.66. The third-order valence-corrected chi connectivity index (χ3v) is 5.20. The molecule has 158 valence electrons. The standard InChI is InChI=1S/C22H24F2N4O2/c23-22(24)29-19-9-5-4-8-18(19)21-25-20(30-26-21)16-28-14-12-27(13-15-28)11-10-17-6-2-1-3-7-17/h1-9,22H,10-16H2. The second-order valence-corrected chi connectivity index (χ2v) is 7.24. The molecule has 1 saturated heterocycles. The van der Waals surface area contributed by atoms with Crippen molar-refractivity contribution in [3.8, 4) is 17.1 Å². The van der Waals surface area contributed by atoms with Gasteiger partial charge < -0.3 is 14.2 Å². The van der Waals surface area contributed by atoms with E-state index in [1.165, 1.54) is 11.6 Å². The zero-order valence-electron chi connectivity index (χ0n) is 16.6. The first kappa shape index (κ1) is 20.4. The number of hydrogen-bond acceptors (Lipinski definition) is 6. The number of piperazine rings is 1. The normalized spacial score (nSPS) is 15.6. The van der Waals surface area contributed by atoms with Crippen molar-refractivity contribution >= 4 is 0 Å². The molecule has 1 aliphatic heterocycles. The molecule has 0 saturated carbocycles. The van der Waals surface area contributed by atoms with Gasteiger partial charge in [0, 0.05) is 32.7 Å². The van der Waals surface area contributed by atoms with Crippen molar-refractivity contribution < 1.29 is 18.0 Å². The second-order valence-electron chi connectivity index (χ2n) is 7.24. The Balaban J connectivity index is 1.29. The van der Waals surface area contributed by atoms with Crippen molar-refractivity contribution in [2.24, 2.45) is 0 Å². The molecule has 1 aliphatic rings. The molecule has 2 aromatic carbocycles. The SMILES string of the molecule is FC(F)Oc1ccccc1-c1noc(CN2CCN(CCc3ccccc3)CC2)n1. The van der Waals surface area contributed by atoms with Crippen LogP contribution in [-0.2, 0) is 13.0 Å². The van der Waals surface area contributed by atoms with Crippen LogP contribution in [0.25, 0.3) is 11.4 Å². The van der Waals surface area contributed by atoms with Crippen molar-refractivity contribution in [3.05, 3.63) is 66.1 Å². The van der Waals surface area contributed by atoms with Crippen LogP contribution in [0.5, 0.6) is 5.75 Å². The highest BCUT2D eigenvalue weighted by Gasteiger charge is 2.20. The third kappa shape index (κ3) is 5.40. The molecular weight excluding hydrogens is 390 g/mol. The molecule has 0 aliphatic carbocycles. The quantitative estimate of drug-likeness (QED) is 0.560. The van der Waals surface area contributed by atoms with E-state index in [4.69, 9.17) is 4.52 Å². The fourth-order valence-electron chi connectivity index (χ4n) is 3.57. The molecule has 8 heteroatoms. The molecule has 2 heterocycles. The van der Waals surface area contributed by atoms with Gasteiger partial charge in [-0.1, -0.05) is 47.6 Å². The molecule has 0 N–H and O–H groups in total. The topological polar surface area (TPSA) is 54.6 Å². The predicted molar refractivity (Wildman–Crippen MR) is 108 cm³/mol. The molecule has 0 radical (unpaired) electrons. The van der Waals surface area contributed by atoms with Gasteiger partial charge in [0.05, 0.1) is 12.1 Å². The third-order valence-electron chi connectivity index (χ3n) is 5.20. The summed E-state index contributed by atoms with van der Waals surface area (Å²) in [6.07, 6.45) is 1.05. The van der Waals surface area contributed by atoms with Gasteiger partial charge in [-0.3, -0.25) is 4.90 Å². The van der Waals surface area contributed by atoms with Crippen molar-refractivity contribution in [1.29, 1.82) is 0 Å². The van der Waals surface area contributed by atoms with E-state index in [1.807, 2.05) is 6.07 Å². The van der Waals surface area contributed by atoms with Gasteiger partial charge in [0.25, 0.3) is 0 Å². The number of aromatic nitrogens is 2. The van der Waals surface area contributed by atoms with E-state index in [2.05, 4.69) is 48.9 Å². The Morgan fingerprint density at radius 3 is 2.40 bits per heavy atom. The monoisotopic (exact) mass is 414 g/mol. The first-order valence-corrected chi connectivity index (χ1v) is 10.0. The van der Waals surface area contributed by atoms with Crippen LogP contribution in [0.3, 0.4) is 0 Å². The number of ether oxygens (including phenoxy) is 1. The van der Waals surface area contributed by atoms with Crippen LogP contribution in [0.4, 0.5) is 8.78 Å². The number of hydrogen-bond donors (Lipinski definition) is 0. The molecular formula is C22H24F2N4O2. The summed E-state index contributed by atoms with van der Waals surface area (Å²) >= 11 is 0. The minimum Gasteiger partial charge on any atom is -0.434 e. The smallest absolute Gasteiger partial charge is 0.387 e. The zero-order chi connectivity index (χ0) is 20.8. The summed E-state index contributed by atoms with van der Waals surface area (Å²) in [7, 11) is 0. The summed E-state index contributed by atoms with van der Waals surface area (Å²) in [5, 5.41) is 3.95. The molecule has 0 amide bonds. The lowest BCUT2D eigenvalue weighted by Gasteiger charge is -2.33. The van der Waals surface area contributed by atoms with E-state index in [1.54, 1.807) is 18.2 Å². The number of benzene rings is 2. The maximum Gasteiger partial charge on any atom is 0.387 e. The molecule has 3 aromatic rings. The summed E-state index contributed by atoms with van der Waals surface area (Å²) < 4.78 is 35.1. The van der Waals surface area contributed by atoms with Gasteiger partial charge >= 0.3 is 6.61 Å². The molecule has 0 spiro atoms. The van der Waals surface area contributed by atoms with Crippen LogP contribution in [0.15, 0.2) is 59.1 Å². The first-order chi connectivity index (χ1) is 14.7. The average molecular weight is 414 g/mol.